The monoisotopic (exact) mass is 277 g/mol. The lowest BCUT2D eigenvalue weighted by Gasteiger charge is -2.30. The number of para-hydroxylation sites is 1. The van der Waals surface area contributed by atoms with Crippen LogP contribution in [-0.4, -0.2) is 31.4 Å². The first-order valence-electron chi connectivity index (χ1n) is 7.89. The van der Waals surface area contributed by atoms with Gasteiger partial charge in [0.2, 0.25) is 0 Å². The van der Waals surface area contributed by atoms with Gasteiger partial charge in [-0.3, -0.25) is 0 Å². The van der Waals surface area contributed by atoms with Crippen molar-refractivity contribution in [2.24, 2.45) is 11.8 Å². The van der Waals surface area contributed by atoms with E-state index in [0.717, 1.165) is 31.9 Å². The van der Waals surface area contributed by atoms with Crippen molar-refractivity contribution < 1.29 is 9.84 Å². The molecule has 0 radical (unpaired) electrons. The van der Waals surface area contributed by atoms with Crippen molar-refractivity contribution in [2.45, 2.75) is 32.1 Å². The Hall–Kier alpha value is -1.06. The molecule has 2 rings (SSSR count). The van der Waals surface area contributed by atoms with E-state index in [2.05, 4.69) is 5.32 Å². The predicted molar refractivity (Wildman–Crippen MR) is 82.0 cm³/mol. The molecule has 1 aliphatic carbocycles. The van der Waals surface area contributed by atoms with Crippen LogP contribution in [0.2, 0.25) is 0 Å². The Labute approximate surface area is 122 Å². The minimum atomic E-state index is 0.351. The summed E-state index contributed by atoms with van der Waals surface area (Å²) in [6.07, 6.45) is 6.08. The third-order valence-corrected chi connectivity index (χ3v) is 4.22. The van der Waals surface area contributed by atoms with Crippen molar-refractivity contribution >= 4 is 0 Å². The highest BCUT2D eigenvalue weighted by molar-refractivity contribution is 5.20. The van der Waals surface area contributed by atoms with Crippen molar-refractivity contribution in [1.29, 1.82) is 0 Å². The summed E-state index contributed by atoms with van der Waals surface area (Å²) in [7, 11) is 0. The van der Waals surface area contributed by atoms with Crippen molar-refractivity contribution in [3.05, 3.63) is 30.3 Å². The highest BCUT2D eigenvalue weighted by atomic mass is 16.5. The normalized spacial score (nSPS) is 22.6. The van der Waals surface area contributed by atoms with E-state index in [9.17, 15) is 5.11 Å². The third-order valence-electron chi connectivity index (χ3n) is 4.22. The largest absolute Gasteiger partial charge is 0.494 e. The fraction of sp³-hybridized carbons (Fsp3) is 0.647. The molecule has 20 heavy (non-hydrogen) atoms. The Morgan fingerprint density at radius 3 is 2.60 bits per heavy atom. The molecule has 1 aromatic carbocycles. The van der Waals surface area contributed by atoms with Gasteiger partial charge in [-0.05, 0) is 56.3 Å². The molecule has 0 saturated heterocycles. The summed E-state index contributed by atoms with van der Waals surface area (Å²) in [4.78, 5) is 0. The standard InChI is InChI=1S/C17H27NO2/c19-14-16-8-5-4-7-15(16)13-18-11-6-12-20-17-9-2-1-3-10-17/h1-3,9-10,15-16,18-19H,4-8,11-14H2. The number of benzene rings is 1. The summed E-state index contributed by atoms with van der Waals surface area (Å²) in [5.74, 6) is 2.11. The van der Waals surface area contributed by atoms with Crippen LogP contribution in [-0.2, 0) is 0 Å². The smallest absolute Gasteiger partial charge is 0.119 e. The van der Waals surface area contributed by atoms with Crippen LogP contribution in [0, 0.1) is 11.8 Å². The summed E-state index contributed by atoms with van der Waals surface area (Å²) >= 11 is 0. The Balaban J connectivity index is 1.53. The predicted octanol–water partition coefficient (Wildman–Crippen LogP) is 2.84. The van der Waals surface area contributed by atoms with Crippen LogP contribution in [0.3, 0.4) is 0 Å². The maximum atomic E-state index is 9.38. The zero-order chi connectivity index (χ0) is 14.0. The molecule has 0 aromatic heterocycles. The molecule has 0 spiro atoms. The fourth-order valence-corrected chi connectivity index (χ4v) is 2.98. The molecule has 0 aliphatic heterocycles. The zero-order valence-electron chi connectivity index (χ0n) is 12.3. The number of hydrogen-bond donors (Lipinski definition) is 2. The number of rotatable bonds is 8. The molecule has 0 heterocycles. The van der Waals surface area contributed by atoms with Gasteiger partial charge in [-0.15, -0.1) is 0 Å². The Bertz CT molecular complexity index is 355. The van der Waals surface area contributed by atoms with Crippen LogP contribution >= 0.6 is 0 Å². The maximum Gasteiger partial charge on any atom is 0.119 e. The van der Waals surface area contributed by atoms with E-state index in [-0.39, 0.29) is 0 Å². The van der Waals surface area contributed by atoms with Gasteiger partial charge in [0.15, 0.2) is 0 Å². The molecule has 1 aliphatic rings. The van der Waals surface area contributed by atoms with E-state index in [1.54, 1.807) is 0 Å². The van der Waals surface area contributed by atoms with Gasteiger partial charge in [-0.25, -0.2) is 0 Å². The number of hydrogen-bond acceptors (Lipinski definition) is 3. The fourth-order valence-electron chi connectivity index (χ4n) is 2.98. The van der Waals surface area contributed by atoms with E-state index in [1.165, 1.54) is 25.7 Å². The SMILES string of the molecule is OCC1CCCCC1CNCCCOc1ccccc1. The van der Waals surface area contributed by atoms with Gasteiger partial charge < -0.3 is 15.2 Å². The minimum absolute atomic E-state index is 0.351. The molecule has 2 N–H and O–H groups in total. The molecular formula is C17H27NO2. The second-order valence-electron chi connectivity index (χ2n) is 5.71. The Kier molecular flexibility index (Phi) is 6.89. The van der Waals surface area contributed by atoms with Gasteiger partial charge in [0, 0.05) is 6.61 Å². The van der Waals surface area contributed by atoms with Crippen LogP contribution < -0.4 is 10.1 Å². The van der Waals surface area contributed by atoms with Gasteiger partial charge in [0.25, 0.3) is 0 Å². The molecular weight excluding hydrogens is 250 g/mol. The number of ether oxygens (including phenoxy) is 1. The van der Waals surface area contributed by atoms with Gasteiger partial charge in [0.1, 0.15) is 5.75 Å². The van der Waals surface area contributed by atoms with Crippen molar-refractivity contribution in [3.8, 4) is 5.75 Å². The highest BCUT2D eigenvalue weighted by Crippen LogP contribution is 2.28. The molecule has 112 valence electrons. The van der Waals surface area contributed by atoms with Gasteiger partial charge in [-0.2, -0.15) is 0 Å². The van der Waals surface area contributed by atoms with E-state index in [0.29, 0.717) is 18.4 Å². The van der Waals surface area contributed by atoms with E-state index in [4.69, 9.17) is 4.74 Å². The maximum absolute atomic E-state index is 9.38. The lowest BCUT2D eigenvalue weighted by Crippen LogP contribution is -2.33. The topological polar surface area (TPSA) is 41.5 Å². The molecule has 0 amide bonds. The van der Waals surface area contributed by atoms with Crippen molar-refractivity contribution in [2.75, 3.05) is 26.3 Å². The Morgan fingerprint density at radius 1 is 1.10 bits per heavy atom. The lowest BCUT2D eigenvalue weighted by atomic mass is 9.79. The first-order valence-corrected chi connectivity index (χ1v) is 7.89. The summed E-state index contributed by atoms with van der Waals surface area (Å²) < 4.78 is 5.66. The first kappa shape index (κ1) is 15.3. The van der Waals surface area contributed by atoms with Gasteiger partial charge in [-0.1, -0.05) is 31.0 Å². The molecule has 1 saturated carbocycles. The molecule has 1 fully saturated rings. The summed E-state index contributed by atoms with van der Waals surface area (Å²) in [6.45, 7) is 3.13. The van der Waals surface area contributed by atoms with E-state index < -0.39 is 0 Å². The molecule has 0 bridgehead atoms. The third kappa shape index (κ3) is 5.14. The average Bonchev–Trinajstić information content (AvgIpc) is 2.52. The number of nitrogens with one attached hydrogen (secondary N) is 1. The van der Waals surface area contributed by atoms with Gasteiger partial charge in [0.05, 0.1) is 6.61 Å². The molecule has 1 aromatic rings. The summed E-state index contributed by atoms with van der Waals surface area (Å²) in [6, 6.07) is 9.95. The summed E-state index contributed by atoms with van der Waals surface area (Å²) in [5.41, 5.74) is 0. The van der Waals surface area contributed by atoms with Crippen LogP contribution in [0.4, 0.5) is 0 Å². The average molecular weight is 277 g/mol. The number of aliphatic hydroxyl groups is 1. The Morgan fingerprint density at radius 2 is 1.85 bits per heavy atom. The molecule has 3 nitrogen and oxygen atoms in total. The van der Waals surface area contributed by atoms with Crippen molar-refractivity contribution in [3.63, 3.8) is 0 Å². The van der Waals surface area contributed by atoms with Crippen LogP contribution in [0.1, 0.15) is 32.1 Å². The molecule has 2 unspecified atom stereocenters. The van der Waals surface area contributed by atoms with Crippen LogP contribution in [0.25, 0.3) is 0 Å². The minimum Gasteiger partial charge on any atom is -0.494 e. The van der Waals surface area contributed by atoms with E-state index in [1.807, 2.05) is 30.3 Å². The van der Waals surface area contributed by atoms with Gasteiger partial charge >= 0.3 is 0 Å². The quantitative estimate of drug-likeness (QED) is 0.718. The second-order valence-corrected chi connectivity index (χ2v) is 5.71. The molecule has 3 heteroatoms. The summed E-state index contributed by atoms with van der Waals surface area (Å²) in [5, 5.41) is 12.9. The van der Waals surface area contributed by atoms with Crippen LogP contribution in [0.15, 0.2) is 30.3 Å². The molecule has 2 atom stereocenters. The first-order chi connectivity index (χ1) is 9.90. The van der Waals surface area contributed by atoms with E-state index >= 15 is 0 Å². The second kappa shape index (κ2) is 8.98. The highest BCUT2D eigenvalue weighted by Gasteiger charge is 2.23. The number of aliphatic hydroxyl groups excluding tert-OH is 1. The zero-order valence-corrected chi connectivity index (χ0v) is 12.3. The lowest BCUT2D eigenvalue weighted by molar-refractivity contribution is 0.133. The van der Waals surface area contributed by atoms with Crippen LogP contribution in [0.5, 0.6) is 5.75 Å². The van der Waals surface area contributed by atoms with Crippen molar-refractivity contribution in [1.82, 2.24) is 5.32 Å².